The molecule has 0 N–H and O–H groups in total. The first kappa shape index (κ1) is 26.1. The van der Waals surface area contributed by atoms with Crippen LogP contribution in [0.15, 0.2) is 91.4 Å². The maximum Gasteiger partial charge on any atom is 0.0548 e. The lowest BCUT2D eigenvalue weighted by Crippen LogP contribution is -2.33. The van der Waals surface area contributed by atoms with Gasteiger partial charge in [-0.15, -0.1) is 0 Å². The Kier molecular flexibility index (Phi) is 9.52. The lowest BCUT2D eigenvalue weighted by atomic mass is 10.2. The van der Waals surface area contributed by atoms with Gasteiger partial charge in [0.05, 0.1) is 28.5 Å². The van der Waals surface area contributed by atoms with Crippen LogP contribution in [0.2, 0.25) is 0 Å². The van der Waals surface area contributed by atoms with E-state index in [9.17, 15) is 0 Å². The van der Waals surface area contributed by atoms with Crippen molar-refractivity contribution in [3.05, 3.63) is 120 Å². The third kappa shape index (κ3) is 8.25. The zero-order chi connectivity index (χ0) is 25.8. The zero-order valence-corrected chi connectivity index (χ0v) is 22.1. The van der Waals surface area contributed by atoms with Gasteiger partial charge in [0.15, 0.2) is 0 Å². The van der Waals surface area contributed by atoms with Gasteiger partial charge < -0.3 is 0 Å². The number of fused-ring (bicyclic) bond motifs is 2. The standard InChI is InChI=1S/C31H37N7/c1-4-15-32-27(10-1)22-36-18-8-20-37(23-28-11-2-5-16-33-28)25-30-13-7-14-31(35-30)26-38(21-9-19-36)24-29-12-3-6-17-34-29/h1-7,10-17H,8-9,18-26H2. The van der Waals surface area contributed by atoms with E-state index in [-0.39, 0.29) is 0 Å². The molecule has 0 fully saturated rings. The molecule has 7 nitrogen and oxygen atoms in total. The van der Waals surface area contributed by atoms with Crippen molar-refractivity contribution in [2.45, 2.75) is 45.6 Å². The van der Waals surface area contributed by atoms with E-state index in [0.29, 0.717) is 0 Å². The lowest BCUT2D eigenvalue weighted by Gasteiger charge is -2.28. The fourth-order valence-corrected chi connectivity index (χ4v) is 5.06. The summed E-state index contributed by atoms with van der Waals surface area (Å²) >= 11 is 0. The Morgan fingerprint density at radius 1 is 0.474 bits per heavy atom. The minimum Gasteiger partial charge on any atom is -0.297 e. The van der Waals surface area contributed by atoms with Gasteiger partial charge in [-0.25, -0.2) is 0 Å². The summed E-state index contributed by atoms with van der Waals surface area (Å²) in [6, 6.07) is 24.9. The molecule has 0 aromatic carbocycles. The van der Waals surface area contributed by atoms with Crippen molar-refractivity contribution in [2.24, 2.45) is 0 Å². The Balaban J connectivity index is 1.36. The summed E-state index contributed by atoms with van der Waals surface area (Å²) in [5.41, 5.74) is 5.54. The predicted molar refractivity (Wildman–Crippen MR) is 150 cm³/mol. The van der Waals surface area contributed by atoms with Crippen LogP contribution in [0.1, 0.15) is 41.3 Å². The normalized spacial score (nSPS) is 16.6. The molecule has 0 saturated heterocycles. The molecular formula is C31H37N7. The molecular weight excluding hydrogens is 470 g/mol. The van der Waals surface area contributed by atoms with Crippen LogP contribution >= 0.6 is 0 Å². The van der Waals surface area contributed by atoms with Crippen LogP contribution in [-0.4, -0.2) is 60.8 Å². The molecule has 0 aliphatic carbocycles. The number of hydrogen-bond acceptors (Lipinski definition) is 7. The summed E-state index contributed by atoms with van der Waals surface area (Å²) in [5, 5.41) is 0. The van der Waals surface area contributed by atoms with Crippen LogP contribution < -0.4 is 0 Å². The first-order valence-corrected chi connectivity index (χ1v) is 13.6. The largest absolute Gasteiger partial charge is 0.297 e. The van der Waals surface area contributed by atoms with E-state index in [1.807, 2.05) is 36.8 Å². The maximum atomic E-state index is 5.07. The van der Waals surface area contributed by atoms with Crippen LogP contribution in [0.5, 0.6) is 0 Å². The summed E-state index contributed by atoms with van der Waals surface area (Å²) in [6.07, 6.45) is 7.81. The molecule has 4 aromatic heterocycles. The highest BCUT2D eigenvalue weighted by Gasteiger charge is 2.15. The van der Waals surface area contributed by atoms with Crippen molar-refractivity contribution < 1.29 is 0 Å². The van der Waals surface area contributed by atoms with Crippen LogP contribution in [0.4, 0.5) is 0 Å². The van der Waals surface area contributed by atoms with Crippen molar-refractivity contribution in [1.82, 2.24) is 34.6 Å². The molecule has 0 radical (unpaired) electrons. The monoisotopic (exact) mass is 507 g/mol. The number of aromatic nitrogens is 4. The van der Waals surface area contributed by atoms with E-state index in [2.05, 4.69) is 84.2 Å². The zero-order valence-electron chi connectivity index (χ0n) is 22.1. The topological polar surface area (TPSA) is 61.3 Å². The molecule has 0 atom stereocenters. The van der Waals surface area contributed by atoms with Gasteiger partial charge in [0.25, 0.3) is 0 Å². The average molecular weight is 508 g/mol. The fourth-order valence-electron chi connectivity index (χ4n) is 5.06. The molecule has 5 rings (SSSR count). The van der Waals surface area contributed by atoms with Gasteiger partial charge in [-0.05, 0) is 74.5 Å². The van der Waals surface area contributed by atoms with E-state index in [4.69, 9.17) is 4.98 Å². The average Bonchev–Trinajstić information content (AvgIpc) is 2.94. The highest BCUT2D eigenvalue weighted by molar-refractivity contribution is 5.13. The summed E-state index contributed by atoms with van der Waals surface area (Å²) in [6.45, 7) is 8.18. The van der Waals surface area contributed by atoms with Gasteiger partial charge >= 0.3 is 0 Å². The van der Waals surface area contributed by atoms with Crippen molar-refractivity contribution in [3.63, 3.8) is 0 Å². The van der Waals surface area contributed by atoms with Gasteiger partial charge in [-0.3, -0.25) is 34.6 Å². The second-order valence-electron chi connectivity index (χ2n) is 9.99. The molecule has 38 heavy (non-hydrogen) atoms. The number of hydrogen-bond donors (Lipinski definition) is 0. The van der Waals surface area contributed by atoms with Crippen LogP contribution in [0, 0.1) is 0 Å². The molecule has 7 heteroatoms. The fraction of sp³-hybridized carbons (Fsp3) is 0.355. The lowest BCUT2D eigenvalue weighted by molar-refractivity contribution is 0.186. The Labute approximate surface area is 226 Å². The SMILES string of the molecule is c1ccc(CN2CCCN(Cc3ccccn3)Cc3cccc(n3)CN(Cc3ccccn3)CCC2)nc1. The van der Waals surface area contributed by atoms with E-state index in [1.165, 1.54) is 0 Å². The summed E-state index contributed by atoms with van der Waals surface area (Å²) < 4.78 is 0. The molecule has 0 saturated carbocycles. The minimum absolute atomic E-state index is 0.810. The number of rotatable bonds is 6. The van der Waals surface area contributed by atoms with Crippen molar-refractivity contribution in [3.8, 4) is 0 Å². The Bertz CT molecular complexity index is 1150. The van der Waals surface area contributed by atoms with Crippen molar-refractivity contribution in [2.75, 3.05) is 26.2 Å². The third-order valence-corrected chi connectivity index (χ3v) is 6.87. The number of pyridine rings is 4. The van der Waals surface area contributed by atoms with E-state index < -0.39 is 0 Å². The van der Waals surface area contributed by atoms with Gasteiger partial charge in [-0.2, -0.15) is 0 Å². The van der Waals surface area contributed by atoms with Crippen LogP contribution in [0.25, 0.3) is 0 Å². The highest BCUT2D eigenvalue weighted by atomic mass is 15.2. The van der Waals surface area contributed by atoms with Crippen molar-refractivity contribution >= 4 is 0 Å². The summed E-state index contributed by atoms with van der Waals surface area (Å²) in [4.78, 5) is 26.4. The molecule has 1 aliphatic rings. The Morgan fingerprint density at radius 3 is 1.32 bits per heavy atom. The second kappa shape index (κ2) is 13.9. The predicted octanol–water partition coefficient (Wildman–Crippen LogP) is 4.57. The summed E-state index contributed by atoms with van der Waals surface area (Å²) in [5.74, 6) is 0. The maximum absolute atomic E-state index is 5.07. The van der Waals surface area contributed by atoms with Crippen LogP contribution in [-0.2, 0) is 32.7 Å². The highest BCUT2D eigenvalue weighted by Crippen LogP contribution is 2.14. The molecule has 2 bridgehead atoms. The van der Waals surface area contributed by atoms with E-state index in [0.717, 1.165) is 100 Å². The molecule has 4 aromatic rings. The molecule has 0 spiro atoms. The van der Waals surface area contributed by atoms with Crippen molar-refractivity contribution in [1.29, 1.82) is 0 Å². The molecule has 5 heterocycles. The molecule has 0 unspecified atom stereocenters. The first-order valence-electron chi connectivity index (χ1n) is 13.6. The van der Waals surface area contributed by atoms with E-state index >= 15 is 0 Å². The van der Waals surface area contributed by atoms with Gasteiger partial charge in [0, 0.05) is 64.4 Å². The second-order valence-corrected chi connectivity index (χ2v) is 9.99. The number of nitrogens with zero attached hydrogens (tertiary/aromatic N) is 7. The van der Waals surface area contributed by atoms with Gasteiger partial charge in [-0.1, -0.05) is 24.3 Å². The molecule has 0 amide bonds. The van der Waals surface area contributed by atoms with Gasteiger partial charge in [0.2, 0.25) is 0 Å². The molecule has 1 aliphatic heterocycles. The van der Waals surface area contributed by atoms with Gasteiger partial charge in [0.1, 0.15) is 0 Å². The Hall–Kier alpha value is -3.52. The smallest absolute Gasteiger partial charge is 0.0548 e. The third-order valence-electron chi connectivity index (χ3n) is 6.87. The summed E-state index contributed by atoms with van der Waals surface area (Å²) in [7, 11) is 0. The minimum atomic E-state index is 0.810. The van der Waals surface area contributed by atoms with Crippen LogP contribution in [0.3, 0.4) is 0 Å². The quantitative estimate of drug-likeness (QED) is 0.379. The molecule has 196 valence electrons. The first-order chi connectivity index (χ1) is 18.8. The Morgan fingerprint density at radius 2 is 0.895 bits per heavy atom. The van der Waals surface area contributed by atoms with E-state index in [1.54, 1.807) is 0 Å².